The highest BCUT2D eigenvalue weighted by Gasteiger charge is 2.47. The Kier molecular flexibility index (Phi) is 2.58. The minimum absolute atomic E-state index is 0.856. The van der Waals surface area contributed by atoms with Crippen molar-refractivity contribution in [3.05, 3.63) is 12.2 Å². The summed E-state index contributed by atoms with van der Waals surface area (Å²) < 4.78 is 0. The van der Waals surface area contributed by atoms with E-state index in [1.165, 1.54) is 24.9 Å². The minimum atomic E-state index is -1.40. The first kappa shape index (κ1) is 9.79. The first-order chi connectivity index (χ1) is 6.19. The Morgan fingerprint density at radius 3 is 2.31 bits per heavy atom. The van der Waals surface area contributed by atoms with E-state index in [1.54, 1.807) is 0 Å². The molecule has 1 saturated carbocycles. The third-order valence-corrected chi connectivity index (χ3v) is 10.9. The van der Waals surface area contributed by atoms with Crippen LogP contribution in [0.5, 0.6) is 0 Å². The molecular formula is C11H19ClSi. The summed E-state index contributed by atoms with van der Waals surface area (Å²) in [7, 11) is -1.40. The average Bonchev–Trinajstić information content (AvgIpc) is 2.77. The van der Waals surface area contributed by atoms with Gasteiger partial charge in [0, 0.05) is 0 Å². The second kappa shape index (κ2) is 3.43. The fourth-order valence-corrected chi connectivity index (χ4v) is 7.19. The van der Waals surface area contributed by atoms with Gasteiger partial charge in [0.15, 0.2) is 7.38 Å². The van der Waals surface area contributed by atoms with E-state index in [4.69, 9.17) is 11.1 Å². The molecule has 0 nitrogen and oxygen atoms in total. The van der Waals surface area contributed by atoms with Crippen molar-refractivity contribution in [1.82, 2.24) is 0 Å². The van der Waals surface area contributed by atoms with Gasteiger partial charge in [-0.2, -0.15) is 11.1 Å². The van der Waals surface area contributed by atoms with Crippen molar-refractivity contribution in [3.8, 4) is 0 Å². The Labute approximate surface area is 87.1 Å². The van der Waals surface area contributed by atoms with Gasteiger partial charge in [-0.25, -0.2) is 0 Å². The van der Waals surface area contributed by atoms with Gasteiger partial charge in [-0.05, 0) is 42.3 Å². The van der Waals surface area contributed by atoms with Crippen molar-refractivity contribution >= 4 is 18.5 Å². The monoisotopic (exact) mass is 214 g/mol. The fourth-order valence-electron chi connectivity index (χ4n) is 3.15. The molecule has 0 aromatic carbocycles. The standard InChI is InChI=1S/C11H19ClSi/c1-3-13(12,4-2)11-8-9-5-6-10(11)7-9/h5-6,9-11H,3-4,7-8H2,1-2H3. The largest absolute Gasteiger partial charge is 0.167 e. The third-order valence-electron chi connectivity index (χ3n) is 4.12. The summed E-state index contributed by atoms with van der Waals surface area (Å²) in [4.78, 5) is 0. The highest BCUT2D eigenvalue weighted by Crippen LogP contribution is 2.54. The van der Waals surface area contributed by atoms with Crippen molar-refractivity contribution in [3.63, 3.8) is 0 Å². The molecule has 74 valence electrons. The lowest BCUT2D eigenvalue weighted by Gasteiger charge is -2.32. The van der Waals surface area contributed by atoms with Gasteiger partial charge in [0.1, 0.15) is 0 Å². The predicted octanol–water partition coefficient (Wildman–Crippen LogP) is 4.18. The van der Waals surface area contributed by atoms with E-state index >= 15 is 0 Å². The molecule has 0 aromatic rings. The summed E-state index contributed by atoms with van der Waals surface area (Å²) in [5.41, 5.74) is 0.888. The van der Waals surface area contributed by atoms with Crippen LogP contribution in [0.3, 0.4) is 0 Å². The van der Waals surface area contributed by atoms with Crippen molar-refractivity contribution in [2.75, 3.05) is 0 Å². The molecule has 0 amide bonds. The number of allylic oxidation sites excluding steroid dienone is 2. The summed E-state index contributed by atoms with van der Waals surface area (Å²) >= 11 is 6.81. The summed E-state index contributed by atoms with van der Waals surface area (Å²) in [5.74, 6) is 1.74. The molecule has 2 aliphatic carbocycles. The van der Waals surface area contributed by atoms with Crippen molar-refractivity contribution in [2.24, 2.45) is 11.8 Å². The Morgan fingerprint density at radius 1 is 1.23 bits per heavy atom. The molecule has 0 spiro atoms. The quantitative estimate of drug-likeness (QED) is 0.376. The lowest BCUT2D eigenvalue weighted by atomic mass is 10.1. The number of hydrogen-bond donors (Lipinski definition) is 0. The molecule has 0 aliphatic heterocycles. The molecule has 0 radical (unpaired) electrons. The Bertz CT molecular complexity index is 220. The van der Waals surface area contributed by atoms with Crippen LogP contribution in [0.25, 0.3) is 0 Å². The maximum Gasteiger partial charge on any atom is 0.159 e. The molecule has 2 bridgehead atoms. The van der Waals surface area contributed by atoms with E-state index in [0.717, 1.165) is 17.4 Å². The zero-order valence-electron chi connectivity index (χ0n) is 8.59. The lowest BCUT2D eigenvalue weighted by molar-refractivity contribution is 0.673. The van der Waals surface area contributed by atoms with E-state index in [9.17, 15) is 0 Å². The van der Waals surface area contributed by atoms with Gasteiger partial charge in [0.25, 0.3) is 0 Å². The Balaban J connectivity index is 2.13. The number of halogens is 1. The van der Waals surface area contributed by atoms with Crippen LogP contribution in [-0.4, -0.2) is 7.38 Å². The first-order valence-corrected chi connectivity index (χ1v) is 9.07. The number of fused-ring (bicyclic) bond motifs is 2. The molecule has 0 saturated heterocycles. The molecule has 2 heteroatoms. The first-order valence-electron chi connectivity index (χ1n) is 5.57. The van der Waals surface area contributed by atoms with Crippen LogP contribution in [0.15, 0.2) is 12.2 Å². The normalized spacial score (nSPS) is 37.3. The number of rotatable bonds is 3. The average molecular weight is 215 g/mol. The number of hydrogen-bond acceptors (Lipinski definition) is 0. The highest BCUT2D eigenvalue weighted by atomic mass is 35.6. The van der Waals surface area contributed by atoms with Gasteiger partial charge >= 0.3 is 0 Å². The molecule has 2 aliphatic rings. The maximum absolute atomic E-state index is 6.81. The lowest BCUT2D eigenvalue weighted by Crippen LogP contribution is -2.34. The van der Waals surface area contributed by atoms with Gasteiger partial charge in [0.05, 0.1) is 0 Å². The van der Waals surface area contributed by atoms with Crippen LogP contribution >= 0.6 is 11.1 Å². The topological polar surface area (TPSA) is 0 Å². The van der Waals surface area contributed by atoms with E-state index in [1.807, 2.05) is 0 Å². The molecule has 1 fully saturated rings. The predicted molar refractivity (Wildman–Crippen MR) is 61.7 cm³/mol. The summed E-state index contributed by atoms with van der Waals surface area (Å²) in [6.07, 6.45) is 7.66. The molecule has 3 unspecified atom stereocenters. The maximum atomic E-state index is 6.81. The zero-order chi connectivity index (χ0) is 9.47. The van der Waals surface area contributed by atoms with E-state index in [0.29, 0.717) is 0 Å². The highest BCUT2D eigenvalue weighted by molar-refractivity contribution is 7.21. The second-order valence-corrected chi connectivity index (χ2v) is 11.1. The van der Waals surface area contributed by atoms with E-state index in [2.05, 4.69) is 26.0 Å². The van der Waals surface area contributed by atoms with Crippen molar-refractivity contribution in [2.45, 2.75) is 44.3 Å². The van der Waals surface area contributed by atoms with Crippen molar-refractivity contribution < 1.29 is 0 Å². The summed E-state index contributed by atoms with van der Waals surface area (Å²) in [6.45, 7) is 4.58. The molecule has 3 atom stereocenters. The van der Waals surface area contributed by atoms with Crippen LogP contribution in [0, 0.1) is 11.8 Å². The van der Waals surface area contributed by atoms with Gasteiger partial charge < -0.3 is 0 Å². The summed E-state index contributed by atoms with van der Waals surface area (Å²) in [5, 5.41) is 0. The van der Waals surface area contributed by atoms with Crippen LogP contribution in [0.2, 0.25) is 17.6 Å². The van der Waals surface area contributed by atoms with Crippen molar-refractivity contribution in [1.29, 1.82) is 0 Å². The van der Waals surface area contributed by atoms with E-state index < -0.39 is 7.38 Å². The molecular weight excluding hydrogens is 196 g/mol. The zero-order valence-corrected chi connectivity index (χ0v) is 10.3. The second-order valence-electron chi connectivity index (χ2n) is 4.63. The fraction of sp³-hybridized carbons (Fsp3) is 0.818. The summed E-state index contributed by atoms with van der Waals surface area (Å²) in [6, 6.07) is 2.51. The van der Waals surface area contributed by atoms with Gasteiger partial charge in [0.2, 0.25) is 0 Å². The van der Waals surface area contributed by atoms with Gasteiger partial charge in [-0.15, -0.1) is 0 Å². The third kappa shape index (κ3) is 1.50. The van der Waals surface area contributed by atoms with Gasteiger partial charge in [-0.3, -0.25) is 0 Å². The molecule has 2 rings (SSSR count). The molecule has 0 N–H and O–H groups in total. The van der Waals surface area contributed by atoms with Gasteiger partial charge in [-0.1, -0.05) is 26.0 Å². The molecule has 0 aromatic heterocycles. The Morgan fingerprint density at radius 2 is 1.92 bits per heavy atom. The molecule has 13 heavy (non-hydrogen) atoms. The van der Waals surface area contributed by atoms with Crippen LogP contribution in [0.4, 0.5) is 0 Å². The molecule has 0 heterocycles. The minimum Gasteiger partial charge on any atom is -0.167 e. The van der Waals surface area contributed by atoms with Crippen LogP contribution < -0.4 is 0 Å². The Hall–Kier alpha value is 0.247. The van der Waals surface area contributed by atoms with Crippen LogP contribution in [0.1, 0.15) is 26.7 Å². The SMILES string of the molecule is CC[Si](Cl)(CC)C1CC2C=CC1C2. The van der Waals surface area contributed by atoms with Crippen LogP contribution in [-0.2, 0) is 0 Å². The van der Waals surface area contributed by atoms with E-state index in [-0.39, 0.29) is 0 Å². The smallest absolute Gasteiger partial charge is 0.159 e.